The Bertz CT molecular complexity index is 1260. The molecule has 0 saturated carbocycles. The van der Waals surface area contributed by atoms with Gasteiger partial charge < -0.3 is 19.1 Å². The molecule has 1 aliphatic heterocycles. The first-order valence-electron chi connectivity index (χ1n) is 10.8. The fourth-order valence-electron chi connectivity index (χ4n) is 3.96. The number of nitriles is 1. The highest BCUT2D eigenvalue weighted by Crippen LogP contribution is 2.31. The molecule has 1 amide bonds. The predicted molar refractivity (Wildman–Crippen MR) is 119 cm³/mol. The zero-order valence-electron chi connectivity index (χ0n) is 17.8. The van der Waals surface area contributed by atoms with Crippen molar-refractivity contribution in [3.05, 3.63) is 72.4 Å². The third-order valence-electron chi connectivity index (χ3n) is 5.72. The quantitative estimate of drug-likeness (QED) is 0.486. The molecular formula is C24H22N6O3. The lowest BCUT2D eigenvalue weighted by atomic mass is 9.96. The summed E-state index contributed by atoms with van der Waals surface area (Å²) in [4.78, 5) is 18.9. The molecule has 9 nitrogen and oxygen atoms in total. The highest BCUT2D eigenvalue weighted by atomic mass is 16.4. The molecule has 1 aliphatic rings. The van der Waals surface area contributed by atoms with Gasteiger partial charge in [-0.05, 0) is 37.1 Å². The van der Waals surface area contributed by atoms with Crippen LogP contribution >= 0.6 is 0 Å². The number of carbonyl (C=O) groups excluding carboxylic acids is 1. The van der Waals surface area contributed by atoms with Gasteiger partial charge in [-0.15, -0.1) is 0 Å². The zero-order chi connectivity index (χ0) is 22.6. The molecule has 0 unspecified atom stereocenters. The molecular weight excluding hydrogens is 420 g/mol. The molecule has 5 rings (SSSR count). The van der Waals surface area contributed by atoms with E-state index < -0.39 is 0 Å². The Hall–Kier alpha value is -4.32. The summed E-state index contributed by atoms with van der Waals surface area (Å²) >= 11 is 0. The van der Waals surface area contributed by atoms with Crippen LogP contribution < -0.4 is 10.2 Å². The molecule has 0 atom stereocenters. The summed E-state index contributed by atoms with van der Waals surface area (Å²) in [7, 11) is 0. The van der Waals surface area contributed by atoms with Crippen LogP contribution in [0.4, 0.5) is 5.88 Å². The molecule has 1 saturated heterocycles. The van der Waals surface area contributed by atoms with Crippen molar-refractivity contribution in [1.29, 1.82) is 5.26 Å². The molecule has 1 aromatic carbocycles. The molecule has 0 spiro atoms. The summed E-state index contributed by atoms with van der Waals surface area (Å²) in [6.07, 6.45) is 6.54. The van der Waals surface area contributed by atoms with Crippen LogP contribution in [0.2, 0.25) is 0 Å². The average Bonchev–Trinajstić information content (AvgIpc) is 3.63. The van der Waals surface area contributed by atoms with Gasteiger partial charge in [0.15, 0.2) is 5.76 Å². The van der Waals surface area contributed by atoms with Crippen LogP contribution in [0.25, 0.3) is 17.3 Å². The standard InChI is InChI=1S/C24H22N6O3/c25-13-20-24(33-23(28-20)21-7-4-12-32-21)29-10-8-18(9-11-29)22(31)26-14-17-15-27-30(16-17)19-5-2-1-3-6-19/h1-7,12,15-16,18H,8-11,14H2,(H,26,31). The van der Waals surface area contributed by atoms with Crippen LogP contribution in [-0.4, -0.2) is 33.8 Å². The number of nitrogens with one attached hydrogen (secondary N) is 1. The number of aromatic nitrogens is 3. The summed E-state index contributed by atoms with van der Waals surface area (Å²) < 4.78 is 12.9. The summed E-state index contributed by atoms with van der Waals surface area (Å²) in [6, 6.07) is 15.4. The van der Waals surface area contributed by atoms with E-state index >= 15 is 0 Å². The van der Waals surface area contributed by atoms with Gasteiger partial charge >= 0.3 is 0 Å². The van der Waals surface area contributed by atoms with Gasteiger partial charge in [0, 0.05) is 37.3 Å². The monoisotopic (exact) mass is 442 g/mol. The zero-order valence-corrected chi connectivity index (χ0v) is 17.8. The van der Waals surface area contributed by atoms with E-state index in [9.17, 15) is 10.1 Å². The Morgan fingerprint density at radius 2 is 2.00 bits per heavy atom. The van der Waals surface area contributed by atoms with Gasteiger partial charge in [-0.3, -0.25) is 4.79 Å². The molecule has 4 heterocycles. The summed E-state index contributed by atoms with van der Waals surface area (Å²) in [5.74, 6) is 1.11. The van der Waals surface area contributed by atoms with Crippen molar-refractivity contribution in [2.24, 2.45) is 5.92 Å². The predicted octanol–water partition coefficient (Wildman–Crippen LogP) is 3.52. The van der Waals surface area contributed by atoms with Crippen molar-refractivity contribution >= 4 is 11.8 Å². The lowest BCUT2D eigenvalue weighted by Crippen LogP contribution is -2.40. The normalized spacial score (nSPS) is 14.2. The third-order valence-corrected chi connectivity index (χ3v) is 5.72. The average molecular weight is 442 g/mol. The smallest absolute Gasteiger partial charge is 0.266 e. The van der Waals surface area contributed by atoms with E-state index in [0.717, 1.165) is 11.3 Å². The van der Waals surface area contributed by atoms with Crippen molar-refractivity contribution in [2.75, 3.05) is 18.0 Å². The number of carbonyl (C=O) groups is 1. The van der Waals surface area contributed by atoms with Crippen molar-refractivity contribution in [3.8, 4) is 23.4 Å². The minimum atomic E-state index is -0.0941. The maximum atomic E-state index is 12.7. The Morgan fingerprint density at radius 3 is 2.73 bits per heavy atom. The summed E-state index contributed by atoms with van der Waals surface area (Å²) in [5, 5.41) is 16.8. The Labute approximate surface area is 190 Å². The van der Waals surface area contributed by atoms with E-state index in [1.807, 2.05) is 41.4 Å². The number of benzene rings is 1. The number of nitrogens with zero attached hydrogens (tertiary/aromatic N) is 5. The SMILES string of the molecule is N#Cc1nc(-c2ccco2)oc1N1CCC(C(=O)NCc2cnn(-c3ccccc3)c2)CC1. The first-order chi connectivity index (χ1) is 16.2. The number of rotatable bonds is 6. The lowest BCUT2D eigenvalue weighted by molar-refractivity contribution is -0.125. The van der Waals surface area contributed by atoms with Crippen LogP contribution in [0.5, 0.6) is 0 Å². The van der Waals surface area contributed by atoms with Crippen LogP contribution in [0.15, 0.2) is 70.0 Å². The molecule has 0 radical (unpaired) electrons. The Kier molecular flexibility index (Phi) is 5.64. The van der Waals surface area contributed by atoms with Crippen LogP contribution in [0.3, 0.4) is 0 Å². The van der Waals surface area contributed by atoms with Gasteiger partial charge in [-0.1, -0.05) is 18.2 Å². The van der Waals surface area contributed by atoms with Gasteiger partial charge in [0.2, 0.25) is 17.5 Å². The highest BCUT2D eigenvalue weighted by molar-refractivity contribution is 5.79. The maximum absolute atomic E-state index is 12.7. The van der Waals surface area contributed by atoms with Gasteiger partial charge in [0.25, 0.3) is 5.89 Å². The van der Waals surface area contributed by atoms with Crippen LogP contribution in [-0.2, 0) is 11.3 Å². The molecule has 1 fully saturated rings. The largest absolute Gasteiger partial charge is 0.459 e. The second kappa shape index (κ2) is 9.04. The Balaban J connectivity index is 1.16. The topological polar surface area (TPSA) is 113 Å². The van der Waals surface area contributed by atoms with Crippen molar-refractivity contribution in [2.45, 2.75) is 19.4 Å². The van der Waals surface area contributed by atoms with E-state index in [0.29, 0.717) is 44.1 Å². The van der Waals surface area contributed by atoms with E-state index in [4.69, 9.17) is 8.83 Å². The number of para-hydroxylation sites is 1. The maximum Gasteiger partial charge on any atom is 0.266 e. The molecule has 0 bridgehead atoms. The number of amides is 1. The third kappa shape index (κ3) is 4.36. The highest BCUT2D eigenvalue weighted by Gasteiger charge is 2.29. The Morgan fingerprint density at radius 1 is 1.18 bits per heavy atom. The second-order valence-electron chi connectivity index (χ2n) is 7.87. The fraction of sp³-hybridized carbons (Fsp3) is 0.250. The van der Waals surface area contributed by atoms with Crippen molar-refractivity contribution < 1.29 is 13.6 Å². The first-order valence-corrected chi connectivity index (χ1v) is 10.8. The number of piperidine rings is 1. The van der Waals surface area contributed by atoms with Gasteiger partial charge in [0.05, 0.1) is 18.1 Å². The number of hydrogen-bond donors (Lipinski definition) is 1. The minimum absolute atomic E-state index is 0.0245. The van der Waals surface area contributed by atoms with E-state index in [-0.39, 0.29) is 23.4 Å². The number of anilines is 1. The van der Waals surface area contributed by atoms with Crippen LogP contribution in [0, 0.1) is 17.2 Å². The molecule has 9 heteroatoms. The fourth-order valence-corrected chi connectivity index (χ4v) is 3.96. The minimum Gasteiger partial charge on any atom is -0.459 e. The molecule has 33 heavy (non-hydrogen) atoms. The molecule has 0 aliphatic carbocycles. The lowest BCUT2D eigenvalue weighted by Gasteiger charge is -2.30. The molecule has 166 valence electrons. The first kappa shape index (κ1) is 20.6. The van der Waals surface area contributed by atoms with Crippen molar-refractivity contribution in [3.63, 3.8) is 0 Å². The van der Waals surface area contributed by atoms with Crippen molar-refractivity contribution in [1.82, 2.24) is 20.1 Å². The van der Waals surface area contributed by atoms with Gasteiger partial charge in [-0.25, -0.2) is 4.68 Å². The molecule has 4 aromatic rings. The summed E-state index contributed by atoms with van der Waals surface area (Å²) in [5.41, 5.74) is 2.14. The summed E-state index contributed by atoms with van der Waals surface area (Å²) in [6.45, 7) is 1.63. The second-order valence-corrected chi connectivity index (χ2v) is 7.87. The molecule has 1 N–H and O–H groups in total. The van der Waals surface area contributed by atoms with Crippen LogP contribution in [0.1, 0.15) is 24.1 Å². The number of oxazole rings is 1. The number of hydrogen-bond acceptors (Lipinski definition) is 7. The van der Waals surface area contributed by atoms with Gasteiger partial charge in [0.1, 0.15) is 6.07 Å². The van der Waals surface area contributed by atoms with E-state index in [2.05, 4.69) is 21.5 Å². The van der Waals surface area contributed by atoms with Gasteiger partial charge in [-0.2, -0.15) is 15.3 Å². The van der Waals surface area contributed by atoms with E-state index in [1.54, 1.807) is 23.0 Å². The van der Waals surface area contributed by atoms with E-state index in [1.165, 1.54) is 6.26 Å². The number of furan rings is 1. The molecule has 3 aromatic heterocycles.